The van der Waals surface area contributed by atoms with Crippen LogP contribution in [0.5, 0.6) is 0 Å². The first-order valence-electron chi connectivity index (χ1n) is 8.40. The highest BCUT2D eigenvalue weighted by Gasteiger charge is 2.46. The van der Waals surface area contributed by atoms with Crippen LogP contribution in [-0.4, -0.2) is 84.8 Å². The van der Waals surface area contributed by atoms with Crippen molar-refractivity contribution in [2.45, 2.75) is 24.4 Å². The predicted molar refractivity (Wildman–Crippen MR) is 86.7 cm³/mol. The van der Waals surface area contributed by atoms with Crippen LogP contribution in [0.4, 0.5) is 4.39 Å². The summed E-state index contributed by atoms with van der Waals surface area (Å²) in [4.78, 5) is 14.2. The molecule has 7 nitrogen and oxygen atoms in total. The fourth-order valence-electron chi connectivity index (χ4n) is 3.40. The van der Waals surface area contributed by atoms with Crippen molar-refractivity contribution in [2.24, 2.45) is 0 Å². The van der Waals surface area contributed by atoms with E-state index in [1.54, 1.807) is 0 Å². The Morgan fingerprint density at radius 2 is 2.08 bits per heavy atom. The third-order valence-corrected chi connectivity index (χ3v) is 4.66. The maximum Gasteiger partial charge on any atom is 0.251 e. The van der Waals surface area contributed by atoms with Crippen molar-refractivity contribution < 1.29 is 28.9 Å². The molecule has 2 saturated heterocycles. The quantitative estimate of drug-likeness (QED) is 0.653. The fraction of sp³-hybridized carbons (Fsp3) is 0.588. The van der Waals surface area contributed by atoms with Crippen LogP contribution in [0.3, 0.4) is 0 Å². The number of carbonyl (C=O) groups is 1. The predicted octanol–water partition coefficient (Wildman–Crippen LogP) is -0.623. The van der Waals surface area contributed by atoms with Gasteiger partial charge in [-0.15, -0.1) is 0 Å². The van der Waals surface area contributed by atoms with E-state index in [-0.39, 0.29) is 24.8 Å². The van der Waals surface area contributed by atoms with E-state index < -0.39 is 30.0 Å². The van der Waals surface area contributed by atoms with Crippen LogP contribution in [0.15, 0.2) is 24.3 Å². The van der Waals surface area contributed by atoms with Crippen molar-refractivity contribution in [3.05, 3.63) is 35.6 Å². The van der Waals surface area contributed by atoms with Gasteiger partial charge < -0.3 is 25.0 Å². The van der Waals surface area contributed by atoms with Crippen LogP contribution < -0.4 is 5.32 Å². The first-order chi connectivity index (χ1) is 12.1. The molecule has 2 fully saturated rings. The molecular formula is C17H23FN2O5. The highest BCUT2D eigenvalue weighted by atomic mass is 19.1. The van der Waals surface area contributed by atoms with Crippen molar-refractivity contribution in [1.82, 2.24) is 10.2 Å². The number of nitrogens with one attached hydrogen (secondary N) is 1. The molecule has 1 aromatic carbocycles. The van der Waals surface area contributed by atoms with Crippen LogP contribution in [-0.2, 0) is 9.47 Å². The minimum atomic E-state index is -0.848. The lowest BCUT2D eigenvalue weighted by atomic mass is 10.0. The Morgan fingerprint density at radius 1 is 1.32 bits per heavy atom. The average molecular weight is 354 g/mol. The van der Waals surface area contributed by atoms with Gasteiger partial charge in [-0.3, -0.25) is 9.69 Å². The first-order valence-corrected chi connectivity index (χ1v) is 8.40. The van der Waals surface area contributed by atoms with Crippen molar-refractivity contribution >= 4 is 5.91 Å². The summed E-state index contributed by atoms with van der Waals surface area (Å²) in [6.45, 7) is 2.29. The SMILES string of the molecule is O=C(NCC1OC(CO)C(O)C1N1CCOCC1)c1cccc(F)c1. The van der Waals surface area contributed by atoms with Gasteiger partial charge in [0.25, 0.3) is 5.91 Å². The molecule has 1 amide bonds. The Labute approximate surface area is 145 Å². The molecule has 4 atom stereocenters. The third kappa shape index (κ3) is 4.16. The van der Waals surface area contributed by atoms with Crippen molar-refractivity contribution in [1.29, 1.82) is 0 Å². The number of halogens is 1. The molecule has 2 heterocycles. The zero-order valence-electron chi connectivity index (χ0n) is 13.8. The number of hydrogen-bond acceptors (Lipinski definition) is 6. The number of aliphatic hydroxyl groups excluding tert-OH is 2. The second-order valence-corrected chi connectivity index (χ2v) is 6.25. The van der Waals surface area contributed by atoms with E-state index in [9.17, 15) is 19.4 Å². The zero-order valence-corrected chi connectivity index (χ0v) is 13.8. The standard InChI is InChI=1S/C17H23FN2O5/c18-12-3-1-2-11(8-12)17(23)19-9-13-15(16(22)14(10-21)25-13)20-4-6-24-7-5-20/h1-3,8,13-16,21-22H,4-7,9-10H2,(H,19,23). The number of amides is 1. The van der Waals surface area contributed by atoms with E-state index in [0.29, 0.717) is 26.3 Å². The number of aliphatic hydroxyl groups is 2. The number of ether oxygens (including phenoxy) is 2. The fourth-order valence-corrected chi connectivity index (χ4v) is 3.40. The summed E-state index contributed by atoms with van der Waals surface area (Å²) in [6.07, 6.45) is -2.01. The summed E-state index contributed by atoms with van der Waals surface area (Å²) in [6, 6.07) is 5.09. The molecule has 138 valence electrons. The number of morpholine rings is 1. The summed E-state index contributed by atoms with van der Waals surface area (Å²) >= 11 is 0. The molecule has 0 aromatic heterocycles. The Morgan fingerprint density at radius 3 is 2.76 bits per heavy atom. The molecule has 8 heteroatoms. The van der Waals surface area contributed by atoms with E-state index in [1.165, 1.54) is 18.2 Å². The molecule has 2 aliphatic rings. The second kappa shape index (κ2) is 8.20. The summed E-state index contributed by atoms with van der Waals surface area (Å²) in [5, 5.41) is 22.6. The maximum atomic E-state index is 13.2. The number of nitrogens with zero attached hydrogens (tertiary/aromatic N) is 1. The highest BCUT2D eigenvalue weighted by Crippen LogP contribution is 2.26. The van der Waals surface area contributed by atoms with Crippen LogP contribution in [0, 0.1) is 5.82 Å². The maximum absolute atomic E-state index is 13.2. The van der Waals surface area contributed by atoms with Crippen molar-refractivity contribution in [3.63, 3.8) is 0 Å². The van der Waals surface area contributed by atoms with E-state index in [1.807, 2.05) is 0 Å². The number of benzene rings is 1. The average Bonchev–Trinajstić information content (AvgIpc) is 2.96. The van der Waals surface area contributed by atoms with Gasteiger partial charge in [-0.25, -0.2) is 4.39 Å². The van der Waals surface area contributed by atoms with E-state index in [2.05, 4.69) is 10.2 Å². The van der Waals surface area contributed by atoms with Gasteiger partial charge in [0.05, 0.1) is 32.0 Å². The summed E-state index contributed by atoms with van der Waals surface area (Å²) in [5.74, 6) is -0.891. The lowest BCUT2D eigenvalue weighted by molar-refractivity contribution is -0.0220. The van der Waals surface area contributed by atoms with Crippen molar-refractivity contribution in [3.8, 4) is 0 Å². The van der Waals surface area contributed by atoms with Gasteiger partial charge in [-0.2, -0.15) is 0 Å². The molecule has 2 aliphatic heterocycles. The van der Waals surface area contributed by atoms with Gasteiger partial charge in [-0.05, 0) is 18.2 Å². The molecule has 3 rings (SSSR count). The molecule has 3 N–H and O–H groups in total. The minimum absolute atomic E-state index is 0.158. The third-order valence-electron chi connectivity index (χ3n) is 4.66. The normalized spacial score (nSPS) is 30.4. The minimum Gasteiger partial charge on any atom is -0.394 e. The molecule has 0 spiro atoms. The molecule has 25 heavy (non-hydrogen) atoms. The monoisotopic (exact) mass is 354 g/mol. The number of hydrogen-bond donors (Lipinski definition) is 3. The number of carbonyl (C=O) groups excluding carboxylic acids is 1. The van der Waals surface area contributed by atoms with Crippen molar-refractivity contribution in [2.75, 3.05) is 39.5 Å². The van der Waals surface area contributed by atoms with Crippen LogP contribution in [0.2, 0.25) is 0 Å². The van der Waals surface area contributed by atoms with Crippen LogP contribution >= 0.6 is 0 Å². The highest BCUT2D eigenvalue weighted by molar-refractivity contribution is 5.94. The molecule has 0 radical (unpaired) electrons. The molecular weight excluding hydrogens is 331 g/mol. The summed E-state index contributed by atoms with van der Waals surface area (Å²) in [5.41, 5.74) is 0.222. The smallest absolute Gasteiger partial charge is 0.251 e. The van der Waals surface area contributed by atoms with Gasteiger partial charge in [0.15, 0.2) is 0 Å². The van der Waals surface area contributed by atoms with Gasteiger partial charge in [0, 0.05) is 25.2 Å². The van der Waals surface area contributed by atoms with E-state index >= 15 is 0 Å². The molecule has 0 bridgehead atoms. The van der Waals surface area contributed by atoms with Crippen LogP contribution in [0.1, 0.15) is 10.4 Å². The Hall–Kier alpha value is -1.58. The van der Waals surface area contributed by atoms with E-state index in [4.69, 9.17) is 9.47 Å². The zero-order chi connectivity index (χ0) is 17.8. The van der Waals surface area contributed by atoms with Gasteiger partial charge in [-0.1, -0.05) is 6.07 Å². The van der Waals surface area contributed by atoms with Gasteiger partial charge in [0.2, 0.25) is 0 Å². The Balaban J connectivity index is 1.65. The van der Waals surface area contributed by atoms with E-state index in [0.717, 1.165) is 6.07 Å². The molecule has 1 aromatic rings. The Bertz CT molecular complexity index is 596. The lowest BCUT2D eigenvalue weighted by Crippen LogP contribution is -2.54. The summed E-state index contributed by atoms with van der Waals surface area (Å²) in [7, 11) is 0. The topological polar surface area (TPSA) is 91.3 Å². The lowest BCUT2D eigenvalue weighted by Gasteiger charge is -2.36. The Kier molecular flexibility index (Phi) is 5.98. The summed E-state index contributed by atoms with van der Waals surface area (Å²) < 4.78 is 24.3. The largest absolute Gasteiger partial charge is 0.394 e. The van der Waals surface area contributed by atoms with Gasteiger partial charge >= 0.3 is 0 Å². The molecule has 0 aliphatic carbocycles. The second-order valence-electron chi connectivity index (χ2n) is 6.25. The first kappa shape index (κ1) is 18.2. The van der Waals surface area contributed by atoms with Gasteiger partial charge in [0.1, 0.15) is 18.0 Å². The molecule has 4 unspecified atom stereocenters. The number of rotatable bonds is 5. The van der Waals surface area contributed by atoms with Crippen LogP contribution in [0.25, 0.3) is 0 Å². The molecule has 0 saturated carbocycles.